The normalized spacial score (nSPS) is 10.4. The Bertz CT molecular complexity index is 365. The van der Waals surface area contributed by atoms with E-state index in [9.17, 15) is 4.79 Å². The molecule has 14 heavy (non-hydrogen) atoms. The van der Waals surface area contributed by atoms with Crippen molar-refractivity contribution in [3.05, 3.63) is 13.9 Å². The first-order valence-electron chi connectivity index (χ1n) is 3.40. The molecular weight excluding hydrogens is 386 g/mol. The van der Waals surface area contributed by atoms with Crippen molar-refractivity contribution >= 4 is 53.8 Å². The van der Waals surface area contributed by atoms with E-state index in [-0.39, 0.29) is 6.03 Å². The molecule has 0 unspecified atom stereocenters. The average Bonchev–Trinajstić information content (AvgIpc) is 2.39. The maximum atomic E-state index is 11.7. The molecule has 0 fully saturated rings. The van der Waals surface area contributed by atoms with Gasteiger partial charge in [-0.3, -0.25) is 4.84 Å². The maximum absolute atomic E-state index is 11.7. The molecule has 0 aliphatic heterocycles. The van der Waals surface area contributed by atoms with Crippen molar-refractivity contribution in [1.29, 1.82) is 0 Å². The van der Waals surface area contributed by atoms with Gasteiger partial charge in [-0.2, -0.15) is 0 Å². The molecule has 0 N–H and O–H groups in total. The van der Waals surface area contributed by atoms with Gasteiger partial charge >= 0.3 is 6.03 Å². The largest absolute Gasteiger partial charge is 0.354 e. The topological polar surface area (TPSA) is 47.4 Å². The predicted octanol–water partition coefficient (Wildman–Crippen LogP) is 2.63. The van der Waals surface area contributed by atoms with Crippen LogP contribution in [0.3, 0.4) is 0 Å². The van der Waals surface area contributed by atoms with E-state index in [4.69, 9.17) is 4.84 Å². The molecule has 0 aliphatic rings. The third kappa shape index (κ3) is 2.18. The van der Waals surface area contributed by atoms with Crippen LogP contribution in [0.4, 0.5) is 4.79 Å². The highest BCUT2D eigenvalue weighted by molar-refractivity contribution is 9.13. The van der Waals surface area contributed by atoms with Crippen LogP contribution in [0.15, 0.2) is 13.9 Å². The fraction of sp³-hybridized carbons (Fsp3) is 0.333. The zero-order valence-electron chi connectivity index (χ0n) is 7.29. The number of rotatable bonds is 1. The number of hydrogen-bond donors (Lipinski definition) is 0. The molecule has 8 heteroatoms. The molecule has 1 heterocycles. The Balaban J connectivity index is 3.12. The molecule has 1 aromatic rings. The molecule has 0 bridgehead atoms. The van der Waals surface area contributed by atoms with Crippen molar-refractivity contribution in [2.24, 2.45) is 0 Å². The number of amides is 1. The van der Waals surface area contributed by atoms with Crippen molar-refractivity contribution in [3.8, 4) is 0 Å². The van der Waals surface area contributed by atoms with E-state index >= 15 is 0 Å². The summed E-state index contributed by atoms with van der Waals surface area (Å²) in [4.78, 5) is 20.4. The summed E-state index contributed by atoms with van der Waals surface area (Å²) < 4.78 is 2.78. The molecule has 0 radical (unpaired) electrons. The highest BCUT2D eigenvalue weighted by Gasteiger charge is 2.20. The minimum Gasteiger partial charge on any atom is -0.273 e. The lowest BCUT2D eigenvalue weighted by Crippen LogP contribution is -2.30. The molecule has 78 valence electrons. The number of halogens is 3. The summed E-state index contributed by atoms with van der Waals surface area (Å²) in [6.45, 7) is 0. The second-order valence-electron chi connectivity index (χ2n) is 2.26. The Kier molecular flexibility index (Phi) is 4.11. The van der Waals surface area contributed by atoms with Crippen molar-refractivity contribution in [2.45, 2.75) is 0 Å². The molecule has 0 atom stereocenters. The first-order chi connectivity index (χ1) is 6.49. The van der Waals surface area contributed by atoms with Gasteiger partial charge in [0.1, 0.15) is 9.21 Å². The lowest BCUT2D eigenvalue weighted by molar-refractivity contribution is -0.0647. The van der Waals surface area contributed by atoms with Crippen molar-refractivity contribution in [2.75, 3.05) is 14.2 Å². The molecule has 0 saturated carbocycles. The van der Waals surface area contributed by atoms with Gasteiger partial charge in [0.25, 0.3) is 0 Å². The van der Waals surface area contributed by atoms with Gasteiger partial charge in [0.2, 0.25) is 0 Å². The van der Waals surface area contributed by atoms with Crippen LogP contribution in [-0.2, 0) is 4.84 Å². The van der Waals surface area contributed by atoms with E-state index in [1.165, 1.54) is 18.7 Å². The van der Waals surface area contributed by atoms with Crippen LogP contribution in [0, 0.1) is 0 Å². The monoisotopic (exact) mass is 389 g/mol. The van der Waals surface area contributed by atoms with Crippen molar-refractivity contribution in [1.82, 2.24) is 14.6 Å². The molecule has 1 amide bonds. The molecule has 0 saturated heterocycles. The zero-order valence-corrected chi connectivity index (χ0v) is 12.1. The number of hydroxylamine groups is 2. The molecule has 0 aliphatic carbocycles. The molecule has 0 aromatic carbocycles. The first kappa shape index (κ1) is 12.2. The van der Waals surface area contributed by atoms with Gasteiger partial charge in [0.15, 0.2) is 4.73 Å². The van der Waals surface area contributed by atoms with Crippen LogP contribution in [0.25, 0.3) is 0 Å². The Morgan fingerprint density at radius 3 is 2.43 bits per heavy atom. The first-order valence-corrected chi connectivity index (χ1v) is 5.78. The van der Waals surface area contributed by atoms with Crippen molar-refractivity contribution in [3.63, 3.8) is 0 Å². The smallest absolute Gasteiger partial charge is 0.273 e. The van der Waals surface area contributed by atoms with Gasteiger partial charge < -0.3 is 0 Å². The summed E-state index contributed by atoms with van der Waals surface area (Å²) in [5.41, 5.74) is 0. The molecular formula is C6H6Br3N3O2. The van der Waals surface area contributed by atoms with E-state index < -0.39 is 0 Å². The number of nitrogens with zero attached hydrogens (tertiary/aromatic N) is 3. The number of hydrogen-bond acceptors (Lipinski definition) is 3. The van der Waals surface area contributed by atoms with E-state index in [2.05, 4.69) is 52.8 Å². The lowest BCUT2D eigenvalue weighted by Gasteiger charge is -2.14. The summed E-state index contributed by atoms with van der Waals surface area (Å²) in [5.74, 6) is 0. The number of imidazole rings is 1. The predicted molar refractivity (Wildman–Crippen MR) is 60.9 cm³/mol. The molecule has 1 rings (SSSR count). The van der Waals surface area contributed by atoms with E-state index in [0.29, 0.717) is 13.9 Å². The van der Waals surface area contributed by atoms with Gasteiger partial charge in [-0.25, -0.2) is 19.4 Å². The second-order valence-corrected chi connectivity index (χ2v) is 4.47. The minimum atomic E-state index is -0.357. The standard InChI is InChI=1S/C6H6Br3N3O2/c1-11(14-2)6(13)12-4(8)3(7)10-5(12)9/h1-2H3. The van der Waals surface area contributed by atoms with Crippen LogP contribution < -0.4 is 0 Å². The minimum absolute atomic E-state index is 0.357. The summed E-state index contributed by atoms with van der Waals surface area (Å²) in [7, 11) is 2.92. The number of carbonyl (C=O) groups excluding carboxylic acids is 1. The summed E-state index contributed by atoms with van der Waals surface area (Å²) >= 11 is 9.56. The van der Waals surface area contributed by atoms with E-state index in [0.717, 1.165) is 5.06 Å². The van der Waals surface area contributed by atoms with E-state index in [1.54, 1.807) is 0 Å². The third-order valence-corrected chi connectivity index (χ3v) is 3.82. The van der Waals surface area contributed by atoms with Crippen LogP contribution in [-0.4, -0.2) is 34.8 Å². The molecule has 1 aromatic heterocycles. The highest BCUT2D eigenvalue weighted by Crippen LogP contribution is 2.26. The van der Waals surface area contributed by atoms with Crippen LogP contribution in [0.2, 0.25) is 0 Å². The van der Waals surface area contributed by atoms with Crippen LogP contribution in [0.1, 0.15) is 0 Å². The van der Waals surface area contributed by atoms with Crippen LogP contribution in [0.5, 0.6) is 0 Å². The second kappa shape index (κ2) is 4.73. The molecule has 0 spiro atoms. The van der Waals surface area contributed by atoms with Gasteiger partial charge in [0, 0.05) is 7.05 Å². The fourth-order valence-electron chi connectivity index (χ4n) is 0.732. The Labute approximate surface area is 106 Å². The van der Waals surface area contributed by atoms with E-state index in [1.807, 2.05) is 0 Å². The zero-order chi connectivity index (χ0) is 10.9. The number of carbonyl (C=O) groups is 1. The van der Waals surface area contributed by atoms with Gasteiger partial charge in [-0.05, 0) is 47.8 Å². The fourth-order valence-corrected chi connectivity index (χ4v) is 2.47. The summed E-state index contributed by atoms with van der Waals surface area (Å²) in [5, 5.41) is 1.09. The maximum Gasteiger partial charge on any atom is 0.354 e. The van der Waals surface area contributed by atoms with Gasteiger partial charge in [-0.1, -0.05) is 0 Å². The quantitative estimate of drug-likeness (QED) is 0.691. The average molecular weight is 392 g/mol. The van der Waals surface area contributed by atoms with Crippen molar-refractivity contribution < 1.29 is 9.63 Å². The highest BCUT2D eigenvalue weighted by atomic mass is 79.9. The Hall–Kier alpha value is 0.0800. The number of aromatic nitrogens is 2. The van der Waals surface area contributed by atoms with Gasteiger partial charge in [0.05, 0.1) is 7.11 Å². The third-order valence-electron chi connectivity index (χ3n) is 1.48. The lowest BCUT2D eigenvalue weighted by atomic mass is 10.8. The summed E-state index contributed by atoms with van der Waals surface area (Å²) in [6.07, 6.45) is 0. The Morgan fingerprint density at radius 2 is 2.07 bits per heavy atom. The SMILES string of the molecule is CON(C)C(=O)n1c(Br)nc(Br)c1Br. The van der Waals surface area contributed by atoms with Crippen LogP contribution >= 0.6 is 47.8 Å². The Morgan fingerprint density at radius 1 is 1.50 bits per heavy atom. The van der Waals surface area contributed by atoms with Gasteiger partial charge in [-0.15, -0.1) is 0 Å². The summed E-state index contributed by atoms with van der Waals surface area (Å²) in [6, 6.07) is -0.357. The molecule has 5 nitrogen and oxygen atoms in total.